The molecule has 1 N–H and O–H groups in total. The van der Waals surface area contributed by atoms with E-state index < -0.39 is 0 Å². The van der Waals surface area contributed by atoms with Crippen molar-refractivity contribution in [1.29, 1.82) is 0 Å². The number of amidine groups is 1. The fraction of sp³-hybridized carbons (Fsp3) is 0.417. The zero-order valence-electron chi connectivity index (χ0n) is 9.40. The molecule has 1 aliphatic heterocycles. The van der Waals surface area contributed by atoms with Crippen LogP contribution in [0.25, 0.3) is 0 Å². The summed E-state index contributed by atoms with van der Waals surface area (Å²) >= 11 is 5.26. The second-order valence-electron chi connectivity index (χ2n) is 4.10. The van der Waals surface area contributed by atoms with Gasteiger partial charge in [-0.15, -0.1) is 0 Å². The second-order valence-corrected chi connectivity index (χ2v) is 6.02. The predicted octanol–water partition coefficient (Wildman–Crippen LogP) is 3.99. The third-order valence-corrected chi connectivity index (χ3v) is 4.37. The minimum atomic E-state index is 0.413. The molecular weight excluding hydrogens is 284 g/mol. The monoisotopic (exact) mass is 298 g/mol. The number of anilines is 1. The van der Waals surface area contributed by atoms with Gasteiger partial charge in [-0.3, -0.25) is 4.99 Å². The first-order chi connectivity index (χ1) is 7.65. The maximum atomic E-state index is 4.64. The van der Waals surface area contributed by atoms with E-state index in [1.807, 2.05) is 12.1 Å². The fourth-order valence-corrected chi connectivity index (χ4v) is 2.99. The summed E-state index contributed by atoms with van der Waals surface area (Å²) in [6, 6.07) is 8.57. The number of thioether (sulfide) groups is 1. The van der Waals surface area contributed by atoms with Gasteiger partial charge in [0.2, 0.25) is 0 Å². The highest BCUT2D eigenvalue weighted by molar-refractivity contribution is 9.10. The number of nitrogens with zero attached hydrogens (tertiary/aromatic N) is 1. The van der Waals surface area contributed by atoms with Crippen molar-refractivity contribution in [3.05, 3.63) is 28.7 Å². The van der Waals surface area contributed by atoms with Gasteiger partial charge in [-0.2, -0.15) is 0 Å². The Morgan fingerprint density at radius 1 is 1.44 bits per heavy atom. The molecule has 86 valence electrons. The van der Waals surface area contributed by atoms with Crippen molar-refractivity contribution in [2.75, 3.05) is 11.1 Å². The van der Waals surface area contributed by atoms with Crippen molar-refractivity contribution < 1.29 is 0 Å². The predicted molar refractivity (Wildman–Crippen MR) is 76.3 cm³/mol. The summed E-state index contributed by atoms with van der Waals surface area (Å²) in [5.41, 5.74) is 1.09. The lowest BCUT2D eigenvalue weighted by Gasteiger charge is -2.23. The Hall–Kier alpha value is -0.480. The summed E-state index contributed by atoms with van der Waals surface area (Å²) in [6.07, 6.45) is 0. The van der Waals surface area contributed by atoms with Gasteiger partial charge in [0.1, 0.15) is 0 Å². The molecule has 2 atom stereocenters. The molecule has 1 aliphatic rings. The molecule has 0 bridgehead atoms. The zero-order valence-corrected chi connectivity index (χ0v) is 11.8. The smallest absolute Gasteiger partial charge is 0.161 e. The lowest BCUT2D eigenvalue weighted by Crippen LogP contribution is -2.25. The van der Waals surface area contributed by atoms with Crippen LogP contribution in [0.5, 0.6) is 0 Å². The van der Waals surface area contributed by atoms with Gasteiger partial charge in [0.25, 0.3) is 0 Å². The van der Waals surface area contributed by atoms with Crippen molar-refractivity contribution in [3.63, 3.8) is 0 Å². The molecule has 16 heavy (non-hydrogen) atoms. The average molecular weight is 299 g/mol. The van der Waals surface area contributed by atoms with E-state index in [0.717, 1.165) is 21.1 Å². The first-order valence-electron chi connectivity index (χ1n) is 5.38. The highest BCUT2D eigenvalue weighted by atomic mass is 79.9. The van der Waals surface area contributed by atoms with E-state index in [9.17, 15) is 0 Å². The van der Waals surface area contributed by atoms with Crippen LogP contribution in [0.3, 0.4) is 0 Å². The molecule has 1 aromatic rings. The Morgan fingerprint density at radius 2 is 2.25 bits per heavy atom. The van der Waals surface area contributed by atoms with E-state index in [-0.39, 0.29) is 0 Å². The maximum absolute atomic E-state index is 4.64. The van der Waals surface area contributed by atoms with Crippen LogP contribution in [0.4, 0.5) is 5.69 Å². The molecule has 2 nitrogen and oxygen atoms in total. The quantitative estimate of drug-likeness (QED) is 0.848. The molecular formula is C12H15BrN2S. The van der Waals surface area contributed by atoms with Crippen LogP contribution >= 0.6 is 27.7 Å². The van der Waals surface area contributed by atoms with Crippen LogP contribution in [0.2, 0.25) is 0 Å². The van der Waals surface area contributed by atoms with Crippen LogP contribution in [-0.2, 0) is 0 Å². The molecule has 0 amide bonds. The molecule has 4 heteroatoms. The molecule has 1 aromatic carbocycles. The first-order valence-corrected chi connectivity index (χ1v) is 7.16. The Bertz CT molecular complexity index is 406. The largest absolute Gasteiger partial charge is 0.335 e. The molecule has 0 spiro atoms. The minimum absolute atomic E-state index is 0.413. The van der Waals surface area contributed by atoms with Gasteiger partial charge in [-0.1, -0.05) is 40.7 Å². The lowest BCUT2D eigenvalue weighted by atomic mass is 10.1. The van der Waals surface area contributed by atoms with Crippen LogP contribution in [0.1, 0.15) is 13.8 Å². The fourth-order valence-electron chi connectivity index (χ4n) is 1.46. The molecule has 0 aliphatic carbocycles. The molecule has 0 saturated heterocycles. The van der Waals surface area contributed by atoms with Gasteiger partial charge < -0.3 is 5.32 Å². The Morgan fingerprint density at radius 3 is 2.94 bits per heavy atom. The topological polar surface area (TPSA) is 24.4 Å². The second kappa shape index (κ2) is 5.23. The van der Waals surface area contributed by atoms with E-state index in [4.69, 9.17) is 0 Å². The summed E-state index contributed by atoms with van der Waals surface area (Å²) in [6.45, 7) is 4.42. The van der Waals surface area contributed by atoms with Crippen LogP contribution in [-0.4, -0.2) is 17.0 Å². The molecule has 0 saturated carbocycles. The molecule has 0 aromatic heterocycles. The van der Waals surface area contributed by atoms with Gasteiger partial charge in [0.05, 0.1) is 6.04 Å². The van der Waals surface area contributed by atoms with E-state index >= 15 is 0 Å². The maximum Gasteiger partial charge on any atom is 0.161 e. The van der Waals surface area contributed by atoms with E-state index in [1.165, 1.54) is 0 Å². The molecule has 2 rings (SSSR count). The number of nitrogens with one attached hydrogen (secondary N) is 1. The summed E-state index contributed by atoms with van der Waals surface area (Å²) in [5, 5.41) is 4.39. The summed E-state index contributed by atoms with van der Waals surface area (Å²) in [7, 11) is 0. The minimum Gasteiger partial charge on any atom is -0.335 e. The molecule has 1 heterocycles. The summed E-state index contributed by atoms with van der Waals surface area (Å²) in [5.74, 6) is 1.80. The highest BCUT2D eigenvalue weighted by Crippen LogP contribution is 2.24. The van der Waals surface area contributed by atoms with Gasteiger partial charge in [0.15, 0.2) is 5.17 Å². The Balaban J connectivity index is 2.08. The lowest BCUT2D eigenvalue weighted by molar-refractivity contribution is 0.537. The number of rotatable bonds is 1. The van der Waals surface area contributed by atoms with Gasteiger partial charge >= 0.3 is 0 Å². The normalized spacial score (nSPS) is 25.1. The number of hydrogen-bond donors (Lipinski definition) is 1. The van der Waals surface area contributed by atoms with Crippen molar-refractivity contribution in [3.8, 4) is 0 Å². The number of benzene rings is 1. The SMILES string of the molecule is CC1CSC(Nc2cccc(Br)c2)=NC1C. The van der Waals surface area contributed by atoms with Gasteiger partial charge in [0, 0.05) is 15.9 Å². The summed E-state index contributed by atoms with van der Waals surface area (Å²) < 4.78 is 1.08. The first kappa shape index (κ1) is 12.0. The molecule has 0 fully saturated rings. The molecule has 0 radical (unpaired) electrons. The van der Waals surface area contributed by atoms with Crippen LogP contribution in [0, 0.1) is 5.92 Å². The van der Waals surface area contributed by atoms with Crippen LogP contribution in [0.15, 0.2) is 33.7 Å². The van der Waals surface area contributed by atoms with E-state index in [2.05, 4.69) is 52.2 Å². The van der Waals surface area contributed by atoms with Gasteiger partial charge in [-0.25, -0.2) is 0 Å². The molecule has 2 unspecified atom stereocenters. The van der Waals surface area contributed by atoms with Crippen LogP contribution < -0.4 is 5.32 Å². The van der Waals surface area contributed by atoms with Crippen molar-refractivity contribution >= 4 is 38.5 Å². The Labute approximate surface area is 109 Å². The third kappa shape index (κ3) is 3.01. The van der Waals surface area contributed by atoms with E-state index in [0.29, 0.717) is 12.0 Å². The third-order valence-electron chi connectivity index (χ3n) is 2.70. The highest BCUT2D eigenvalue weighted by Gasteiger charge is 2.19. The number of aliphatic imine (C=N–C) groups is 1. The van der Waals surface area contributed by atoms with E-state index in [1.54, 1.807) is 11.8 Å². The van der Waals surface area contributed by atoms with Crippen molar-refractivity contribution in [2.45, 2.75) is 19.9 Å². The average Bonchev–Trinajstić information content (AvgIpc) is 2.24. The van der Waals surface area contributed by atoms with Crippen molar-refractivity contribution in [2.24, 2.45) is 10.9 Å². The number of halogens is 1. The Kier molecular flexibility index (Phi) is 3.92. The van der Waals surface area contributed by atoms with Gasteiger partial charge in [-0.05, 0) is 31.0 Å². The number of hydrogen-bond acceptors (Lipinski definition) is 3. The zero-order chi connectivity index (χ0) is 11.5. The van der Waals surface area contributed by atoms with Crippen molar-refractivity contribution in [1.82, 2.24) is 0 Å². The standard InChI is InChI=1S/C12H15BrN2S/c1-8-7-16-12(14-9(8)2)15-11-5-3-4-10(13)6-11/h3-6,8-9H,7H2,1-2H3,(H,14,15). The summed E-state index contributed by atoms with van der Waals surface area (Å²) in [4.78, 5) is 4.64.